The molecule has 0 saturated heterocycles. The van der Waals surface area contributed by atoms with E-state index >= 15 is 0 Å². The quantitative estimate of drug-likeness (QED) is 0.266. The molecule has 7 nitrogen and oxygen atoms in total. The van der Waals surface area contributed by atoms with Crippen molar-refractivity contribution in [1.82, 2.24) is 9.97 Å². The maximum absolute atomic E-state index is 12.3. The van der Waals surface area contributed by atoms with E-state index in [2.05, 4.69) is 20.6 Å². The molecule has 0 bridgehead atoms. The lowest BCUT2D eigenvalue weighted by molar-refractivity contribution is -0.114. The van der Waals surface area contributed by atoms with Gasteiger partial charge in [-0.1, -0.05) is 30.0 Å². The number of thioether (sulfide) groups is 1. The van der Waals surface area contributed by atoms with Crippen LogP contribution < -0.4 is 15.4 Å². The van der Waals surface area contributed by atoms with Gasteiger partial charge in [0.25, 0.3) is 0 Å². The van der Waals surface area contributed by atoms with E-state index < -0.39 is 0 Å². The maximum atomic E-state index is 12.3. The van der Waals surface area contributed by atoms with E-state index in [-0.39, 0.29) is 17.6 Å². The van der Waals surface area contributed by atoms with E-state index in [0.29, 0.717) is 28.9 Å². The van der Waals surface area contributed by atoms with Crippen LogP contribution in [-0.2, 0) is 16.2 Å². The Labute approximate surface area is 197 Å². The van der Waals surface area contributed by atoms with Crippen LogP contribution in [0.15, 0.2) is 71.9 Å². The number of allylic oxidation sites excluding steroid dienone is 1. The highest BCUT2D eigenvalue weighted by Gasteiger charge is 2.08. The highest BCUT2D eigenvalue weighted by molar-refractivity contribution is 7.99. The van der Waals surface area contributed by atoms with Crippen LogP contribution in [0.25, 0.3) is 0 Å². The molecule has 0 fully saturated rings. The van der Waals surface area contributed by atoms with Crippen LogP contribution in [0.1, 0.15) is 23.9 Å². The first-order valence-corrected chi connectivity index (χ1v) is 11.4. The third-order valence-corrected chi connectivity index (χ3v) is 5.20. The first-order chi connectivity index (χ1) is 15.9. The Morgan fingerprint density at radius 3 is 2.39 bits per heavy atom. The van der Waals surface area contributed by atoms with Crippen molar-refractivity contribution in [1.29, 1.82) is 0 Å². The smallest absolute Gasteiger partial charge is 0.248 e. The Balaban J connectivity index is 1.50. The number of amides is 2. The average Bonchev–Trinajstić information content (AvgIpc) is 2.77. The second kappa shape index (κ2) is 11.8. The summed E-state index contributed by atoms with van der Waals surface area (Å²) < 4.78 is 5.83. The summed E-state index contributed by atoms with van der Waals surface area (Å²) in [4.78, 5) is 32.6. The summed E-state index contributed by atoms with van der Waals surface area (Å²) in [6, 6.07) is 16.6. The normalized spacial score (nSPS) is 10.8. The summed E-state index contributed by atoms with van der Waals surface area (Å²) in [5.74, 6) is 0.597. The molecule has 2 amide bonds. The molecule has 0 saturated carbocycles. The molecule has 0 atom stereocenters. The summed E-state index contributed by atoms with van der Waals surface area (Å²) in [5.41, 5.74) is 4.07. The van der Waals surface area contributed by atoms with Gasteiger partial charge in [-0.25, -0.2) is 9.97 Å². The topological polar surface area (TPSA) is 93.2 Å². The fourth-order valence-electron chi connectivity index (χ4n) is 2.96. The minimum Gasteiger partial charge on any atom is -0.489 e. The van der Waals surface area contributed by atoms with Gasteiger partial charge in [0.15, 0.2) is 5.16 Å². The lowest BCUT2D eigenvalue weighted by Crippen LogP contribution is -2.14. The van der Waals surface area contributed by atoms with Gasteiger partial charge in [0, 0.05) is 22.8 Å². The van der Waals surface area contributed by atoms with Gasteiger partial charge in [0.2, 0.25) is 11.8 Å². The van der Waals surface area contributed by atoms with Crippen molar-refractivity contribution < 1.29 is 14.3 Å². The molecule has 1 aromatic heterocycles. The first-order valence-electron chi connectivity index (χ1n) is 10.4. The van der Waals surface area contributed by atoms with Crippen LogP contribution in [-0.4, -0.2) is 27.5 Å². The number of ether oxygens (including phenoxy) is 1. The molecule has 0 spiro atoms. The number of carbonyl (C=O) groups excluding carboxylic acids is 2. The molecule has 2 N–H and O–H groups in total. The van der Waals surface area contributed by atoms with Crippen molar-refractivity contribution in [2.75, 3.05) is 16.4 Å². The molecule has 170 valence electrons. The SMILES string of the molecule is C/C=C/C(=O)Nc1ccc(OCc2cccc(NC(=O)CSc3nc(C)cc(C)n3)c2)cc1. The largest absolute Gasteiger partial charge is 0.489 e. The van der Waals surface area contributed by atoms with E-state index in [9.17, 15) is 9.59 Å². The van der Waals surface area contributed by atoms with Gasteiger partial charge in [-0.15, -0.1) is 0 Å². The average molecular weight is 463 g/mol. The summed E-state index contributed by atoms with van der Waals surface area (Å²) in [7, 11) is 0. The number of nitrogens with one attached hydrogen (secondary N) is 2. The van der Waals surface area contributed by atoms with Crippen molar-refractivity contribution in [3.63, 3.8) is 0 Å². The molecule has 3 rings (SSSR count). The van der Waals surface area contributed by atoms with Crippen molar-refractivity contribution in [2.45, 2.75) is 32.5 Å². The number of hydrogen-bond donors (Lipinski definition) is 2. The lowest BCUT2D eigenvalue weighted by Gasteiger charge is -2.10. The van der Waals surface area contributed by atoms with E-state index in [0.717, 1.165) is 17.0 Å². The highest BCUT2D eigenvalue weighted by Crippen LogP contribution is 2.19. The maximum Gasteiger partial charge on any atom is 0.248 e. The molecular formula is C25H26N4O3S. The molecule has 0 aliphatic heterocycles. The minimum absolute atomic E-state index is 0.128. The van der Waals surface area contributed by atoms with Crippen molar-refractivity contribution in [2.24, 2.45) is 0 Å². The van der Waals surface area contributed by atoms with E-state index in [1.807, 2.05) is 44.2 Å². The predicted molar refractivity (Wildman–Crippen MR) is 132 cm³/mol. The fourth-order valence-corrected chi connectivity index (χ4v) is 3.71. The van der Waals surface area contributed by atoms with Crippen LogP contribution in [0.3, 0.4) is 0 Å². The number of aryl methyl sites for hydroxylation is 2. The molecule has 0 unspecified atom stereocenters. The van der Waals surface area contributed by atoms with E-state index in [1.165, 1.54) is 17.8 Å². The van der Waals surface area contributed by atoms with Gasteiger partial charge < -0.3 is 15.4 Å². The Hall–Kier alpha value is -3.65. The van der Waals surface area contributed by atoms with Crippen LogP contribution in [0.5, 0.6) is 5.75 Å². The zero-order valence-electron chi connectivity index (χ0n) is 18.8. The molecule has 33 heavy (non-hydrogen) atoms. The standard InChI is InChI=1S/C25H26N4O3S/c1-4-6-23(30)28-20-9-11-22(12-10-20)32-15-19-7-5-8-21(14-19)29-24(31)16-33-25-26-17(2)13-18(3)27-25/h4-14H,15-16H2,1-3H3,(H,28,30)(H,29,31)/b6-4+. The summed E-state index contributed by atoms with van der Waals surface area (Å²) in [6.07, 6.45) is 3.15. The first kappa shape index (κ1) is 24.0. The van der Waals surface area contributed by atoms with Crippen molar-refractivity contribution in [3.8, 4) is 5.75 Å². The predicted octanol–water partition coefficient (Wildman–Crippen LogP) is 4.92. The summed E-state index contributed by atoms with van der Waals surface area (Å²) in [5, 5.41) is 6.26. The number of hydrogen-bond acceptors (Lipinski definition) is 6. The van der Waals surface area contributed by atoms with Crippen molar-refractivity contribution >= 4 is 35.0 Å². The fraction of sp³-hybridized carbons (Fsp3) is 0.200. The van der Waals surface area contributed by atoms with E-state index in [4.69, 9.17) is 4.74 Å². The van der Waals surface area contributed by atoms with Gasteiger partial charge in [0.05, 0.1) is 5.75 Å². The molecule has 1 heterocycles. The third-order valence-electron chi connectivity index (χ3n) is 4.35. The molecule has 8 heteroatoms. The number of anilines is 2. The Morgan fingerprint density at radius 2 is 1.70 bits per heavy atom. The van der Waals surface area contributed by atoms with Crippen LogP contribution in [0.2, 0.25) is 0 Å². The van der Waals surface area contributed by atoms with E-state index in [1.54, 1.807) is 37.3 Å². The number of rotatable bonds is 9. The second-order valence-corrected chi connectivity index (χ2v) is 8.22. The molecule has 0 aliphatic carbocycles. The molecule has 2 aromatic carbocycles. The number of aromatic nitrogens is 2. The zero-order valence-corrected chi connectivity index (χ0v) is 19.6. The van der Waals surface area contributed by atoms with Gasteiger partial charge in [-0.3, -0.25) is 9.59 Å². The Bertz CT molecular complexity index is 1130. The Kier molecular flexibility index (Phi) is 8.60. The molecular weight excluding hydrogens is 436 g/mol. The molecule has 3 aromatic rings. The highest BCUT2D eigenvalue weighted by atomic mass is 32.2. The van der Waals surface area contributed by atoms with Crippen LogP contribution in [0.4, 0.5) is 11.4 Å². The van der Waals surface area contributed by atoms with Gasteiger partial charge >= 0.3 is 0 Å². The van der Waals surface area contributed by atoms with Gasteiger partial charge in [-0.05, 0) is 74.9 Å². The Morgan fingerprint density at radius 1 is 0.970 bits per heavy atom. The van der Waals surface area contributed by atoms with Gasteiger partial charge in [0.1, 0.15) is 12.4 Å². The summed E-state index contributed by atoms with van der Waals surface area (Å²) >= 11 is 1.31. The van der Waals surface area contributed by atoms with Crippen LogP contribution in [0, 0.1) is 13.8 Å². The van der Waals surface area contributed by atoms with Crippen molar-refractivity contribution in [3.05, 3.63) is 83.7 Å². The number of carbonyl (C=O) groups is 2. The number of nitrogens with zero attached hydrogens (tertiary/aromatic N) is 2. The second-order valence-electron chi connectivity index (χ2n) is 7.27. The van der Waals surface area contributed by atoms with Gasteiger partial charge in [-0.2, -0.15) is 0 Å². The zero-order chi connectivity index (χ0) is 23.6. The lowest BCUT2D eigenvalue weighted by atomic mass is 10.2. The number of benzene rings is 2. The van der Waals surface area contributed by atoms with Crippen LogP contribution >= 0.6 is 11.8 Å². The third kappa shape index (κ3) is 8.08. The monoisotopic (exact) mass is 462 g/mol. The minimum atomic E-state index is -0.176. The summed E-state index contributed by atoms with van der Waals surface area (Å²) in [6.45, 7) is 5.95. The molecule has 0 radical (unpaired) electrons. The molecule has 0 aliphatic rings.